The zero-order chi connectivity index (χ0) is 17.6. The van der Waals surface area contributed by atoms with Crippen molar-refractivity contribution >= 4 is 12.0 Å². The van der Waals surface area contributed by atoms with E-state index < -0.39 is 0 Å². The van der Waals surface area contributed by atoms with Gasteiger partial charge < -0.3 is 9.84 Å². The average Bonchev–Trinajstić information content (AvgIpc) is 3.01. The minimum atomic E-state index is -0.0761. The summed E-state index contributed by atoms with van der Waals surface area (Å²) in [5.41, 5.74) is 2.04. The minimum absolute atomic E-state index is 0.0761. The summed E-state index contributed by atoms with van der Waals surface area (Å²) in [6, 6.07) is 7.66. The lowest BCUT2D eigenvalue weighted by Gasteiger charge is -2.17. The molecule has 2 rings (SSSR count). The van der Waals surface area contributed by atoms with Crippen LogP contribution in [0.3, 0.4) is 0 Å². The van der Waals surface area contributed by atoms with Gasteiger partial charge in [0.05, 0.1) is 0 Å². The summed E-state index contributed by atoms with van der Waals surface area (Å²) < 4.78 is 5.21. The molecule has 2 aromatic rings. The molecule has 0 aliphatic heterocycles. The molecule has 24 heavy (non-hydrogen) atoms. The molecule has 1 aromatic carbocycles. The fourth-order valence-corrected chi connectivity index (χ4v) is 2.04. The summed E-state index contributed by atoms with van der Waals surface area (Å²) in [4.78, 5) is 16.1. The number of amides is 1. The molecule has 0 fully saturated rings. The van der Waals surface area contributed by atoms with Crippen LogP contribution < -0.4 is 5.32 Å². The van der Waals surface area contributed by atoms with Crippen LogP contribution in [0.25, 0.3) is 17.5 Å². The van der Waals surface area contributed by atoms with Crippen molar-refractivity contribution in [1.82, 2.24) is 15.5 Å². The third-order valence-electron chi connectivity index (χ3n) is 3.54. The smallest absolute Gasteiger partial charge is 0.257 e. The molecule has 0 bridgehead atoms. The lowest BCUT2D eigenvalue weighted by Crippen LogP contribution is -2.25. The van der Waals surface area contributed by atoms with Gasteiger partial charge in [0.2, 0.25) is 5.91 Å². The molecule has 1 N–H and O–H groups in total. The van der Waals surface area contributed by atoms with E-state index in [1.165, 1.54) is 0 Å². The summed E-state index contributed by atoms with van der Waals surface area (Å²) in [6.07, 6.45) is 5.04. The number of nitrogens with one attached hydrogen (secondary N) is 1. The normalized spacial score (nSPS) is 11.8. The van der Waals surface area contributed by atoms with Crippen LogP contribution in [-0.4, -0.2) is 22.6 Å². The van der Waals surface area contributed by atoms with E-state index in [-0.39, 0.29) is 11.3 Å². The summed E-state index contributed by atoms with van der Waals surface area (Å²) in [5.74, 6) is 1.14. The Labute approximate surface area is 143 Å². The quantitative estimate of drug-likeness (QED) is 0.818. The van der Waals surface area contributed by atoms with Crippen LogP contribution in [-0.2, 0) is 11.2 Å². The molecule has 0 aliphatic carbocycles. The summed E-state index contributed by atoms with van der Waals surface area (Å²) in [7, 11) is 0. The van der Waals surface area contributed by atoms with Gasteiger partial charge in [0.1, 0.15) is 0 Å². The van der Waals surface area contributed by atoms with Crippen LogP contribution in [0, 0.1) is 5.41 Å². The second kappa shape index (κ2) is 7.90. The van der Waals surface area contributed by atoms with Crippen LogP contribution in [0.1, 0.15) is 45.5 Å². The monoisotopic (exact) mass is 327 g/mol. The van der Waals surface area contributed by atoms with Crippen LogP contribution in [0.4, 0.5) is 0 Å². The Kier molecular flexibility index (Phi) is 5.90. The number of nitrogens with zero attached hydrogens (tertiary/aromatic N) is 2. The molecule has 0 unspecified atom stereocenters. The third-order valence-corrected chi connectivity index (χ3v) is 3.54. The van der Waals surface area contributed by atoms with Gasteiger partial charge in [-0.3, -0.25) is 4.79 Å². The molecule has 1 heterocycles. The van der Waals surface area contributed by atoms with Gasteiger partial charge >= 0.3 is 0 Å². The maximum atomic E-state index is 11.8. The SMILES string of the molecule is CCc1noc(-c2ccc(/C=C/C(=O)NCCC(C)(C)C)cc2)n1. The Morgan fingerprint density at radius 2 is 1.96 bits per heavy atom. The van der Waals surface area contributed by atoms with Gasteiger partial charge in [-0.25, -0.2) is 0 Å². The second-order valence-corrected chi connectivity index (χ2v) is 6.93. The first-order valence-corrected chi connectivity index (χ1v) is 8.26. The number of aromatic nitrogens is 2. The highest BCUT2D eigenvalue weighted by Crippen LogP contribution is 2.19. The zero-order valence-electron chi connectivity index (χ0n) is 14.8. The molecule has 0 spiro atoms. The minimum Gasteiger partial charge on any atom is -0.353 e. The first-order chi connectivity index (χ1) is 11.4. The molecule has 5 nitrogen and oxygen atoms in total. The van der Waals surface area contributed by atoms with Crippen molar-refractivity contribution in [3.8, 4) is 11.5 Å². The van der Waals surface area contributed by atoms with E-state index in [9.17, 15) is 4.79 Å². The first-order valence-electron chi connectivity index (χ1n) is 8.26. The van der Waals surface area contributed by atoms with Crippen molar-refractivity contribution in [3.63, 3.8) is 0 Å². The van der Waals surface area contributed by atoms with E-state index in [4.69, 9.17) is 4.52 Å². The number of benzene rings is 1. The molecular formula is C19H25N3O2. The van der Waals surface area contributed by atoms with Crippen LogP contribution in [0.5, 0.6) is 0 Å². The van der Waals surface area contributed by atoms with Crippen molar-refractivity contribution in [2.24, 2.45) is 5.41 Å². The predicted molar refractivity (Wildman–Crippen MR) is 95.2 cm³/mol. The average molecular weight is 327 g/mol. The zero-order valence-corrected chi connectivity index (χ0v) is 14.8. The molecule has 0 saturated carbocycles. The van der Waals surface area contributed by atoms with E-state index in [0.717, 1.165) is 24.0 Å². The number of aryl methyl sites for hydroxylation is 1. The van der Waals surface area contributed by atoms with E-state index in [1.54, 1.807) is 12.2 Å². The van der Waals surface area contributed by atoms with Gasteiger partial charge in [0, 0.05) is 24.6 Å². The summed E-state index contributed by atoms with van der Waals surface area (Å²) in [6.45, 7) is 9.13. The van der Waals surface area contributed by atoms with E-state index in [2.05, 4.69) is 36.2 Å². The standard InChI is InChI=1S/C19H25N3O2/c1-5-16-21-18(24-22-16)15-9-6-14(7-10-15)8-11-17(23)20-13-12-19(2,3)4/h6-11H,5,12-13H2,1-4H3,(H,20,23)/b11-8+. The first kappa shape index (κ1) is 17.9. The molecule has 0 radical (unpaired) electrons. The molecule has 1 aromatic heterocycles. The van der Waals surface area contributed by atoms with Gasteiger partial charge in [-0.2, -0.15) is 4.98 Å². The Bertz CT molecular complexity index is 694. The van der Waals surface area contributed by atoms with Crippen molar-refractivity contribution in [2.45, 2.75) is 40.5 Å². The molecular weight excluding hydrogens is 302 g/mol. The van der Waals surface area contributed by atoms with Gasteiger partial charge in [-0.15, -0.1) is 0 Å². The Balaban J connectivity index is 1.90. The molecule has 5 heteroatoms. The van der Waals surface area contributed by atoms with Gasteiger partial charge in [0.15, 0.2) is 5.82 Å². The van der Waals surface area contributed by atoms with E-state index in [1.807, 2.05) is 31.2 Å². The fraction of sp³-hybridized carbons (Fsp3) is 0.421. The lowest BCUT2D eigenvalue weighted by molar-refractivity contribution is -0.116. The van der Waals surface area contributed by atoms with Gasteiger partial charge in [-0.05, 0) is 35.6 Å². The molecule has 0 atom stereocenters. The number of hydrogen-bond donors (Lipinski definition) is 1. The van der Waals surface area contributed by atoms with E-state index in [0.29, 0.717) is 18.3 Å². The molecule has 1 amide bonds. The lowest BCUT2D eigenvalue weighted by atomic mass is 9.92. The highest BCUT2D eigenvalue weighted by Gasteiger charge is 2.09. The summed E-state index contributed by atoms with van der Waals surface area (Å²) >= 11 is 0. The van der Waals surface area contributed by atoms with Crippen molar-refractivity contribution < 1.29 is 9.32 Å². The van der Waals surface area contributed by atoms with Crippen molar-refractivity contribution in [3.05, 3.63) is 41.7 Å². The second-order valence-electron chi connectivity index (χ2n) is 6.93. The topological polar surface area (TPSA) is 68.0 Å². The molecule has 0 aliphatic rings. The third kappa shape index (κ3) is 5.65. The Morgan fingerprint density at radius 1 is 1.25 bits per heavy atom. The molecule has 0 saturated heterocycles. The Morgan fingerprint density at radius 3 is 2.54 bits per heavy atom. The van der Waals surface area contributed by atoms with Gasteiger partial charge in [-0.1, -0.05) is 45.0 Å². The largest absolute Gasteiger partial charge is 0.353 e. The number of rotatable bonds is 6. The fourth-order valence-electron chi connectivity index (χ4n) is 2.04. The number of carbonyl (C=O) groups excluding carboxylic acids is 1. The number of hydrogen-bond acceptors (Lipinski definition) is 4. The van der Waals surface area contributed by atoms with E-state index >= 15 is 0 Å². The Hall–Kier alpha value is -2.43. The van der Waals surface area contributed by atoms with Crippen molar-refractivity contribution in [2.75, 3.05) is 6.54 Å². The van der Waals surface area contributed by atoms with Crippen LogP contribution in [0.15, 0.2) is 34.9 Å². The van der Waals surface area contributed by atoms with Crippen LogP contribution in [0.2, 0.25) is 0 Å². The molecule has 128 valence electrons. The maximum absolute atomic E-state index is 11.8. The van der Waals surface area contributed by atoms with Crippen molar-refractivity contribution in [1.29, 1.82) is 0 Å². The maximum Gasteiger partial charge on any atom is 0.257 e. The highest BCUT2D eigenvalue weighted by atomic mass is 16.5. The number of carbonyl (C=O) groups is 1. The summed E-state index contributed by atoms with van der Waals surface area (Å²) in [5, 5.41) is 6.78. The predicted octanol–water partition coefficient (Wildman–Crippen LogP) is 3.86. The highest BCUT2D eigenvalue weighted by molar-refractivity contribution is 5.91. The van der Waals surface area contributed by atoms with Crippen LogP contribution >= 0.6 is 0 Å². The van der Waals surface area contributed by atoms with Gasteiger partial charge in [0.25, 0.3) is 5.89 Å².